The van der Waals surface area contributed by atoms with E-state index in [2.05, 4.69) is 10.3 Å². The van der Waals surface area contributed by atoms with Crippen molar-refractivity contribution in [3.05, 3.63) is 29.6 Å². The fourth-order valence-corrected chi connectivity index (χ4v) is 3.80. The molecule has 0 spiro atoms. The fraction of sp³-hybridized carbons (Fsp3) is 0.353. The molecule has 126 valence electrons. The number of amides is 1. The van der Waals surface area contributed by atoms with Gasteiger partial charge in [-0.05, 0) is 17.5 Å². The van der Waals surface area contributed by atoms with Crippen LogP contribution < -0.4 is 10.1 Å². The molecule has 1 aliphatic rings. The molecule has 0 unspecified atom stereocenters. The molecule has 2 aromatic rings. The lowest BCUT2D eigenvalue weighted by Gasteiger charge is -2.05. The molecule has 1 amide bonds. The second kappa shape index (κ2) is 5.90. The van der Waals surface area contributed by atoms with E-state index in [0.29, 0.717) is 16.6 Å². The number of thiazole rings is 1. The zero-order valence-electron chi connectivity index (χ0n) is 13.6. The lowest BCUT2D eigenvalue weighted by molar-refractivity contribution is -0.140. The molecule has 1 saturated carbocycles. The summed E-state index contributed by atoms with van der Waals surface area (Å²) in [5, 5.41) is 14.2. The molecule has 1 fully saturated rings. The number of nitrogens with one attached hydrogen (secondary N) is 1. The van der Waals surface area contributed by atoms with E-state index in [9.17, 15) is 14.7 Å². The molecular weight excluding hydrogens is 328 g/mol. The van der Waals surface area contributed by atoms with Gasteiger partial charge in [-0.25, -0.2) is 4.98 Å². The van der Waals surface area contributed by atoms with Gasteiger partial charge in [-0.2, -0.15) is 0 Å². The number of carboxylic acid groups (broad SMARTS) is 1. The van der Waals surface area contributed by atoms with Crippen LogP contribution in [0, 0.1) is 17.3 Å². The van der Waals surface area contributed by atoms with Crippen molar-refractivity contribution in [2.24, 2.45) is 17.3 Å². The molecule has 2 N–H and O–H groups in total. The van der Waals surface area contributed by atoms with Gasteiger partial charge in [0.25, 0.3) is 0 Å². The van der Waals surface area contributed by atoms with Crippen molar-refractivity contribution in [1.29, 1.82) is 0 Å². The van der Waals surface area contributed by atoms with Crippen molar-refractivity contribution in [2.45, 2.75) is 13.8 Å². The number of carbonyl (C=O) groups excluding carboxylic acids is 1. The van der Waals surface area contributed by atoms with Crippen LogP contribution in [0.5, 0.6) is 5.75 Å². The second-order valence-electron chi connectivity index (χ2n) is 6.34. The number of hydrogen-bond acceptors (Lipinski definition) is 5. The number of rotatable bonds is 5. The van der Waals surface area contributed by atoms with Gasteiger partial charge in [-0.3, -0.25) is 9.59 Å². The van der Waals surface area contributed by atoms with Crippen LogP contribution >= 0.6 is 11.3 Å². The molecule has 1 aliphatic carbocycles. The maximum Gasteiger partial charge on any atom is 0.307 e. The third-order valence-electron chi connectivity index (χ3n) is 4.49. The predicted molar refractivity (Wildman–Crippen MR) is 91.1 cm³/mol. The number of anilines is 1. The normalized spacial score (nSPS) is 21.1. The highest BCUT2D eigenvalue weighted by Crippen LogP contribution is 2.58. The van der Waals surface area contributed by atoms with Gasteiger partial charge >= 0.3 is 5.97 Å². The van der Waals surface area contributed by atoms with Crippen molar-refractivity contribution in [1.82, 2.24) is 4.98 Å². The first-order valence-corrected chi connectivity index (χ1v) is 8.36. The Morgan fingerprint density at radius 1 is 1.29 bits per heavy atom. The number of hydrogen-bond donors (Lipinski definition) is 2. The minimum Gasteiger partial charge on any atom is -0.496 e. The number of methoxy groups -OCH3 is 1. The van der Waals surface area contributed by atoms with E-state index >= 15 is 0 Å². The highest BCUT2D eigenvalue weighted by Gasteiger charge is 2.65. The predicted octanol–water partition coefficient (Wildman–Crippen LogP) is 3.11. The van der Waals surface area contributed by atoms with E-state index in [0.717, 1.165) is 5.56 Å². The van der Waals surface area contributed by atoms with Gasteiger partial charge in [0.05, 0.1) is 24.6 Å². The Labute approximate surface area is 143 Å². The van der Waals surface area contributed by atoms with E-state index in [1.165, 1.54) is 11.3 Å². The Morgan fingerprint density at radius 2 is 2.00 bits per heavy atom. The van der Waals surface area contributed by atoms with Gasteiger partial charge in [-0.1, -0.05) is 26.0 Å². The van der Waals surface area contributed by atoms with Gasteiger partial charge in [0, 0.05) is 10.9 Å². The molecule has 7 heteroatoms. The molecule has 1 aromatic heterocycles. The third-order valence-corrected chi connectivity index (χ3v) is 5.25. The van der Waals surface area contributed by atoms with Gasteiger partial charge in [0.1, 0.15) is 5.75 Å². The Bertz CT molecular complexity index is 799. The maximum atomic E-state index is 12.3. The number of aliphatic carboxylic acids is 1. The average Bonchev–Trinajstić information content (AvgIpc) is 2.89. The maximum absolute atomic E-state index is 12.3. The largest absolute Gasteiger partial charge is 0.496 e. The van der Waals surface area contributed by atoms with Crippen molar-refractivity contribution in [3.63, 3.8) is 0 Å². The number of benzene rings is 1. The summed E-state index contributed by atoms with van der Waals surface area (Å²) in [6.45, 7) is 3.58. The molecule has 0 bridgehead atoms. The molecule has 2 atom stereocenters. The Morgan fingerprint density at radius 3 is 2.62 bits per heavy atom. The summed E-state index contributed by atoms with van der Waals surface area (Å²) in [4.78, 5) is 28.0. The van der Waals surface area contributed by atoms with Crippen LogP contribution in [0.1, 0.15) is 13.8 Å². The molecule has 0 radical (unpaired) electrons. The SMILES string of the molecule is COc1ccccc1-c1csc(NC(=O)[C@H]2[C@@H](C(=O)O)C2(C)C)n1. The van der Waals surface area contributed by atoms with Crippen LogP contribution in [0.4, 0.5) is 5.13 Å². The quantitative estimate of drug-likeness (QED) is 0.868. The first-order valence-electron chi connectivity index (χ1n) is 7.49. The number of nitrogens with zero attached hydrogens (tertiary/aromatic N) is 1. The van der Waals surface area contributed by atoms with Crippen molar-refractivity contribution in [3.8, 4) is 17.0 Å². The number of carbonyl (C=O) groups is 2. The lowest BCUT2D eigenvalue weighted by Crippen LogP contribution is -2.17. The first kappa shape index (κ1) is 16.4. The topological polar surface area (TPSA) is 88.5 Å². The summed E-state index contributed by atoms with van der Waals surface area (Å²) in [6.07, 6.45) is 0. The Balaban J connectivity index is 1.76. The Kier molecular flexibility index (Phi) is 4.04. The van der Waals surface area contributed by atoms with Crippen LogP contribution in [-0.2, 0) is 9.59 Å². The summed E-state index contributed by atoms with van der Waals surface area (Å²) in [5.74, 6) is -1.71. The summed E-state index contributed by atoms with van der Waals surface area (Å²) in [5.41, 5.74) is 1.02. The summed E-state index contributed by atoms with van der Waals surface area (Å²) < 4.78 is 5.32. The van der Waals surface area contributed by atoms with E-state index in [1.54, 1.807) is 21.0 Å². The fourth-order valence-electron chi connectivity index (χ4n) is 3.08. The van der Waals surface area contributed by atoms with Gasteiger partial charge in [0.15, 0.2) is 5.13 Å². The van der Waals surface area contributed by atoms with Crippen LogP contribution in [0.15, 0.2) is 29.6 Å². The van der Waals surface area contributed by atoms with Crippen molar-refractivity contribution < 1.29 is 19.4 Å². The first-order chi connectivity index (χ1) is 11.4. The standard InChI is InChI=1S/C17H18N2O4S/c1-17(2)12(13(17)15(21)22)14(20)19-16-18-10(8-24-16)9-6-4-5-7-11(9)23-3/h4-8,12-13H,1-3H3,(H,21,22)(H,18,19,20)/t12-,13+/m1/s1. The summed E-state index contributed by atoms with van der Waals surface area (Å²) in [7, 11) is 1.59. The second-order valence-corrected chi connectivity index (χ2v) is 7.20. The van der Waals surface area contributed by atoms with Crippen LogP contribution in [0.25, 0.3) is 11.3 Å². The smallest absolute Gasteiger partial charge is 0.307 e. The van der Waals surface area contributed by atoms with Gasteiger partial charge < -0.3 is 15.2 Å². The number of carboxylic acids is 1. The number of para-hydroxylation sites is 1. The van der Waals surface area contributed by atoms with E-state index in [4.69, 9.17) is 4.74 Å². The van der Waals surface area contributed by atoms with Gasteiger partial charge in [-0.15, -0.1) is 11.3 Å². The van der Waals surface area contributed by atoms with Gasteiger partial charge in [0.2, 0.25) is 5.91 Å². The minimum absolute atomic E-state index is 0.298. The zero-order valence-corrected chi connectivity index (χ0v) is 14.4. The highest BCUT2D eigenvalue weighted by atomic mass is 32.1. The van der Waals surface area contributed by atoms with Crippen molar-refractivity contribution in [2.75, 3.05) is 12.4 Å². The average molecular weight is 346 g/mol. The minimum atomic E-state index is -0.936. The molecule has 1 heterocycles. The highest BCUT2D eigenvalue weighted by molar-refractivity contribution is 7.14. The molecule has 0 saturated heterocycles. The Hall–Kier alpha value is -2.41. The third kappa shape index (κ3) is 2.75. The summed E-state index contributed by atoms with van der Waals surface area (Å²) in [6, 6.07) is 7.50. The van der Waals surface area contributed by atoms with E-state index in [1.807, 2.05) is 29.6 Å². The van der Waals surface area contributed by atoms with Crippen molar-refractivity contribution >= 4 is 28.3 Å². The number of aromatic nitrogens is 1. The molecule has 1 aromatic carbocycles. The van der Waals surface area contributed by atoms with E-state index in [-0.39, 0.29) is 5.91 Å². The molecule has 24 heavy (non-hydrogen) atoms. The molecular formula is C17H18N2O4S. The van der Waals surface area contributed by atoms with Crippen LogP contribution in [0.2, 0.25) is 0 Å². The van der Waals surface area contributed by atoms with E-state index < -0.39 is 23.2 Å². The zero-order chi connectivity index (χ0) is 17.5. The van der Waals surface area contributed by atoms with Crippen LogP contribution in [0.3, 0.4) is 0 Å². The molecule has 0 aliphatic heterocycles. The molecule has 3 rings (SSSR count). The number of ether oxygens (including phenoxy) is 1. The monoisotopic (exact) mass is 346 g/mol. The van der Waals surface area contributed by atoms with Crippen LogP contribution in [-0.4, -0.2) is 29.1 Å². The lowest BCUT2D eigenvalue weighted by atomic mass is 10.1. The molecule has 6 nitrogen and oxygen atoms in total. The summed E-state index contributed by atoms with van der Waals surface area (Å²) >= 11 is 1.30.